The third-order valence-corrected chi connectivity index (χ3v) is 6.11. The van der Waals surface area contributed by atoms with Gasteiger partial charge in [-0.05, 0) is 44.0 Å². The molecule has 0 radical (unpaired) electrons. The lowest BCUT2D eigenvalue weighted by molar-refractivity contribution is 0.298. The lowest BCUT2D eigenvalue weighted by Gasteiger charge is -2.29. The summed E-state index contributed by atoms with van der Waals surface area (Å²) in [5.74, 6) is 0.376. The van der Waals surface area contributed by atoms with Gasteiger partial charge in [0.2, 0.25) is 10.0 Å². The average Bonchev–Trinajstić information content (AvgIpc) is 2.46. The van der Waals surface area contributed by atoms with Crippen LogP contribution in [0.25, 0.3) is 0 Å². The second-order valence-corrected chi connectivity index (χ2v) is 7.41. The summed E-state index contributed by atoms with van der Waals surface area (Å²) in [6, 6.07) is 6.63. The molecule has 1 unspecified atom stereocenters. The molecule has 112 valence electrons. The fourth-order valence-electron chi connectivity index (χ4n) is 2.56. The summed E-state index contributed by atoms with van der Waals surface area (Å²) in [7, 11) is -3.51. The first-order chi connectivity index (χ1) is 9.55. The summed E-state index contributed by atoms with van der Waals surface area (Å²) in [5.41, 5.74) is 0. The van der Waals surface area contributed by atoms with Gasteiger partial charge in [0, 0.05) is 13.1 Å². The Balaban J connectivity index is 2.19. The highest BCUT2D eigenvalue weighted by Crippen LogP contribution is 2.25. The van der Waals surface area contributed by atoms with Gasteiger partial charge in [-0.2, -0.15) is 4.31 Å². The highest BCUT2D eigenvalue weighted by atomic mass is 35.5. The van der Waals surface area contributed by atoms with E-state index in [1.54, 1.807) is 24.3 Å². The van der Waals surface area contributed by atoms with Gasteiger partial charge in [-0.15, -0.1) is 0 Å². The molecule has 0 saturated carbocycles. The number of piperidine rings is 1. The number of hydrogen-bond acceptors (Lipinski definition) is 3. The van der Waals surface area contributed by atoms with Gasteiger partial charge in [0.05, 0.1) is 5.02 Å². The average molecular weight is 317 g/mol. The Morgan fingerprint density at radius 3 is 2.75 bits per heavy atom. The second kappa shape index (κ2) is 6.89. The van der Waals surface area contributed by atoms with Crippen molar-refractivity contribution in [2.24, 2.45) is 5.92 Å². The van der Waals surface area contributed by atoms with Crippen molar-refractivity contribution in [2.75, 3.05) is 26.2 Å². The van der Waals surface area contributed by atoms with E-state index in [9.17, 15) is 8.42 Å². The molecule has 0 amide bonds. The van der Waals surface area contributed by atoms with E-state index in [0.29, 0.717) is 19.0 Å². The molecule has 1 heterocycles. The van der Waals surface area contributed by atoms with E-state index in [-0.39, 0.29) is 9.92 Å². The molecule has 0 aliphatic carbocycles. The van der Waals surface area contributed by atoms with Crippen LogP contribution in [0.1, 0.15) is 19.8 Å². The van der Waals surface area contributed by atoms with Crippen molar-refractivity contribution in [3.05, 3.63) is 29.3 Å². The molecule has 0 spiro atoms. The maximum atomic E-state index is 12.7. The van der Waals surface area contributed by atoms with Crippen LogP contribution in [0.15, 0.2) is 29.2 Å². The zero-order valence-corrected chi connectivity index (χ0v) is 13.3. The van der Waals surface area contributed by atoms with Crippen LogP contribution in [0.5, 0.6) is 0 Å². The predicted molar refractivity (Wildman–Crippen MR) is 81.5 cm³/mol. The van der Waals surface area contributed by atoms with Gasteiger partial charge in [-0.3, -0.25) is 0 Å². The zero-order chi connectivity index (χ0) is 14.6. The molecule has 1 N–H and O–H groups in total. The fourth-order valence-corrected chi connectivity index (χ4v) is 4.58. The Kier molecular flexibility index (Phi) is 5.43. The third-order valence-electron chi connectivity index (χ3n) is 3.67. The molecule has 1 saturated heterocycles. The number of hydrogen-bond donors (Lipinski definition) is 1. The molecule has 1 aliphatic heterocycles. The molecule has 1 fully saturated rings. The fraction of sp³-hybridized carbons (Fsp3) is 0.571. The van der Waals surface area contributed by atoms with Crippen molar-refractivity contribution < 1.29 is 8.42 Å². The maximum Gasteiger partial charge on any atom is 0.244 e. The highest BCUT2D eigenvalue weighted by molar-refractivity contribution is 7.89. The van der Waals surface area contributed by atoms with E-state index in [1.165, 1.54) is 4.31 Å². The van der Waals surface area contributed by atoms with Crippen LogP contribution in [0.3, 0.4) is 0 Å². The lowest BCUT2D eigenvalue weighted by Crippen LogP contribution is -2.41. The van der Waals surface area contributed by atoms with E-state index in [1.807, 2.05) is 6.92 Å². The number of benzene rings is 1. The number of rotatable bonds is 5. The summed E-state index contributed by atoms with van der Waals surface area (Å²) in [5, 5.41) is 3.60. The summed E-state index contributed by atoms with van der Waals surface area (Å²) in [6.07, 6.45) is 2.18. The first-order valence-corrected chi connectivity index (χ1v) is 8.83. The second-order valence-electron chi connectivity index (χ2n) is 5.10. The van der Waals surface area contributed by atoms with Crippen molar-refractivity contribution in [1.82, 2.24) is 9.62 Å². The van der Waals surface area contributed by atoms with E-state index in [2.05, 4.69) is 5.32 Å². The number of nitrogens with one attached hydrogen (secondary N) is 1. The van der Waals surface area contributed by atoms with Gasteiger partial charge < -0.3 is 5.32 Å². The normalized spacial score (nSPS) is 20.2. The minimum absolute atomic E-state index is 0.201. The topological polar surface area (TPSA) is 49.4 Å². The summed E-state index contributed by atoms with van der Waals surface area (Å²) in [6.45, 7) is 4.79. The molecule has 1 aromatic rings. The van der Waals surface area contributed by atoms with Crippen LogP contribution in [0.4, 0.5) is 0 Å². The quantitative estimate of drug-likeness (QED) is 0.907. The molecule has 4 nitrogen and oxygen atoms in total. The SMILES string of the molecule is CCN(CC1CCCNC1)S(=O)(=O)c1ccccc1Cl. The molecule has 1 aliphatic rings. The molecular weight excluding hydrogens is 296 g/mol. The van der Waals surface area contributed by atoms with Crippen LogP contribution in [-0.2, 0) is 10.0 Å². The Bertz CT molecular complexity index is 542. The van der Waals surface area contributed by atoms with E-state index >= 15 is 0 Å². The molecule has 0 aromatic heterocycles. The monoisotopic (exact) mass is 316 g/mol. The Labute approximate surface area is 126 Å². The molecule has 1 aromatic carbocycles. The number of sulfonamides is 1. The molecule has 2 rings (SSSR count). The van der Waals surface area contributed by atoms with Crippen molar-refractivity contribution >= 4 is 21.6 Å². The maximum absolute atomic E-state index is 12.7. The molecule has 20 heavy (non-hydrogen) atoms. The van der Waals surface area contributed by atoms with Crippen molar-refractivity contribution in [3.8, 4) is 0 Å². The Morgan fingerprint density at radius 2 is 2.15 bits per heavy atom. The first kappa shape index (κ1) is 15.8. The van der Waals surface area contributed by atoms with E-state index in [4.69, 9.17) is 11.6 Å². The van der Waals surface area contributed by atoms with Gasteiger partial charge >= 0.3 is 0 Å². The summed E-state index contributed by atoms with van der Waals surface area (Å²) >= 11 is 6.03. The van der Waals surface area contributed by atoms with Crippen molar-refractivity contribution in [1.29, 1.82) is 0 Å². The van der Waals surface area contributed by atoms with Crippen LogP contribution in [0, 0.1) is 5.92 Å². The first-order valence-electron chi connectivity index (χ1n) is 7.01. The van der Waals surface area contributed by atoms with Gasteiger partial charge in [-0.1, -0.05) is 30.7 Å². The minimum Gasteiger partial charge on any atom is -0.316 e. The molecule has 1 atom stereocenters. The van der Waals surface area contributed by atoms with Gasteiger partial charge in [0.15, 0.2) is 0 Å². The van der Waals surface area contributed by atoms with Gasteiger partial charge in [-0.25, -0.2) is 8.42 Å². The van der Waals surface area contributed by atoms with Crippen LogP contribution >= 0.6 is 11.6 Å². The highest BCUT2D eigenvalue weighted by Gasteiger charge is 2.28. The predicted octanol–water partition coefficient (Wildman–Crippen LogP) is 2.35. The van der Waals surface area contributed by atoms with E-state index in [0.717, 1.165) is 25.9 Å². The smallest absolute Gasteiger partial charge is 0.244 e. The largest absolute Gasteiger partial charge is 0.316 e. The van der Waals surface area contributed by atoms with Crippen LogP contribution in [-0.4, -0.2) is 38.9 Å². The summed E-state index contributed by atoms with van der Waals surface area (Å²) < 4.78 is 26.9. The third kappa shape index (κ3) is 3.52. The van der Waals surface area contributed by atoms with Gasteiger partial charge in [0.25, 0.3) is 0 Å². The molecule has 6 heteroatoms. The number of halogens is 1. The molecule has 0 bridgehead atoms. The van der Waals surface area contributed by atoms with Crippen molar-refractivity contribution in [3.63, 3.8) is 0 Å². The lowest BCUT2D eigenvalue weighted by atomic mass is 10.00. The Hall–Kier alpha value is -0.620. The van der Waals surface area contributed by atoms with Crippen LogP contribution < -0.4 is 5.32 Å². The standard InChI is InChI=1S/C14H21ClN2O2S/c1-2-17(11-12-6-5-9-16-10-12)20(18,19)14-8-4-3-7-13(14)15/h3-4,7-8,12,16H,2,5-6,9-11H2,1H3. The number of nitrogens with zero attached hydrogens (tertiary/aromatic N) is 1. The zero-order valence-electron chi connectivity index (χ0n) is 11.7. The summed E-state index contributed by atoms with van der Waals surface area (Å²) in [4.78, 5) is 0.201. The minimum atomic E-state index is -3.51. The van der Waals surface area contributed by atoms with Crippen molar-refractivity contribution in [2.45, 2.75) is 24.7 Å². The molecular formula is C14H21ClN2O2S. The van der Waals surface area contributed by atoms with E-state index < -0.39 is 10.0 Å². The Morgan fingerprint density at radius 1 is 1.40 bits per heavy atom. The van der Waals surface area contributed by atoms with Gasteiger partial charge in [0.1, 0.15) is 4.90 Å². The van der Waals surface area contributed by atoms with Crippen LogP contribution in [0.2, 0.25) is 5.02 Å².